The van der Waals surface area contributed by atoms with E-state index >= 15 is 0 Å². The molecule has 202 valence electrons. The van der Waals surface area contributed by atoms with Crippen LogP contribution in [0.4, 0.5) is 4.79 Å². The van der Waals surface area contributed by atoms with Crippen LogP contribution in [-0.2, 0) is 15.1 Å². The van der Waals surface area contributed by atoms with Crippen molar-refractivity contribution in [1.82, 2.24) is 10.4 Å². The zero-order chi connectivity index (χ0) is 28.1. The molecule has 0 saturated heterocycles. The molecule has 1 fully saturated rings. The Balaban J connectivity index is 0.992. The van der Waals surface area contributed by atoms with Crippen molar-refractivity contribution < 1.29 is 28.8 Å². The van der Waals surface area contributed by atoms with Crippen LogP contribution in [0, 0.1) is 0 Å². The van der Waals surface area contributed by atoms with E-state index in [9.17, 15) is 19.2 Å². The number of hydrogen-bond donors (Lipinski definition) is 1. The molecule has 3 aliphatic rings. The molecule has 4 aromatic carbocycles. The number of hydroxylamine groups is 2. The summed E-state index contributed by atoms with van der Waals surface area (Å²) >= 11 is 0. The molecular formula is C33H24N2O6. The van der Waals surface area contributed by atoms with Crippen LogP contribution in [0.1, 0.15) is 66.5 Å². The van der Waals surface area contributed by atoms with Crippen molar-refractivity contribution in [3.8, 4) is 11.1 Å². The highest BCUT2D eigenvalue weighted by Gasteiger charge is 2.46. The van der Waals surface area contributed by atoms with Crippen LogP contribution < -0.4 is 5.32 Å². The summed E-state index contributed by atoms with van der Waals surface area (Å²) in [7, 11) is 0. The average Bonchev–Trinajstić information content (AvgIpc) is 3.66. The predicted molar refractivity (Wildman–Crippen MR) is 148 cm³/mol. The van der Waals surface area contributed by atoms with Crippen molar-refractivity contribution in [2.24, 2.45) is 0 Å². The molecule has 0 radical (unpaired) electrons. The lowest BCUT2D eigenvalue weighted by Crippen LogP contribution is -2.36. The predicted octanol–water partition coefficient (Wildman–Crippen LogP) is 5.58. The molecule has 41 heavy (non-hydrogen) atoms. The van der Waals surface area contributed by atoms with Gasteiger partial charge in [-0.25, -0.2) is 9.59 Å². The monoisotopic (exact) mass is 544 g/mol. The molecule has 0 aromatic heterocycles. The van der Waals surface area contributed by atoms with E-state index in [1.54, 1.807) is 36.4 Å². The molecule has 2 aliphatic carbocycles. The number of alkyl carbamates (subject to hydrolysis) is 1. The van der Waals surface area contributed by atoms with Crippen LogP contribution in [-0.4, -0.2) is 35.5 Å². The number of hydrogen-bond acceptors (Lipinski definition) is 6. The number of benzene rings is 4. The highest BCUT2D eigenvalue weighted by atomic mass is 16.7. The minimum Gasteiger partial charge on any atom is -0.449 e. The zero-order valence-corrected chi connectivity index (χ0v) is 21.8. The number of imide groups is 1. The van der Waals surface area contributed by atoms with E-state index in [0.717, 1.165) is 40.7 Å². The Labute approximate surface area is 235 Å². The maximum absolute atomic E-state index is 12.9. The van der Waals surface area contributed by atoms with Gasteiger partial charge in [0.2, 0.25) is 0 Å². The molecule has 4 aromatic rings. The summed E-state index contributed by atoms with van der Waals surface area (Å²) in [5.74, 6) is -2.23. The summed E-state index contributed by atoms with van der Waals surface area (Å²) in [5.41, 5.74) is 5.41. The van der Waals surface area contributed by atoms with Gasteiger partial charge in [0.05, 0.1) is 22.2 Å². The molecule has 7 rings (SSSR count). The number of fused-ring (bicyclic) bond motifs is 4. The number of nitrogens with one attached hydrogen (secondary N) is 1. The van der Waals surface area contributed by atoms with E-state index in [4.69, 9.17) is 9.57 Å². The number of amides is 3. The lowest BCUT2D eigenvalue weighted by molar-refractivity contribution is -0.0584. The Morgan fingerprint density at radius 2 is 1.24 bits per heavy atom. The second-order valence-corrected chi connectivity index (χ2v) is 10.4. The molecule has 1 heterocycles. The van der Waals surface area contributed by atoms with Crippen LogP contribution in [0.2, 0.25) is 0 Å². The number of ether oxygens (including phenoxy) is 1. The van der Waals surface area contributed by atoms with E-state index in [2.05, 4.69) is 29.6 Å². The molecule has 8 heteroatoms. The van der Waals surface area contributed by atoms with Gasteiger partial charge in [-0.3, -0.25) is 9.59 Å². The van der Waals surface area contributed by atoms with Gasteiger partial charge in [-0.1, -0.05) is 77.9 Å². The van der Waals surface area contributed by atoms with E-state index in [1.165, 1.54) is 12.1 Å². The SMILES string of the molecule is O=C(NC1(c2ccc(C(=O)ON3C(=O)c4ccccc4C3=O)cc2)CC1)OCC1c2ccccc2-c2ccccc21. The van der Waals surface area contributed by atoms with E-state index in [0.29, 0.717) is 5.06 Å². The van der Waals surface area contributed by atoms with Gasteiger partial charge in [0.15, 0.2) is 0 Å². The Hall–Kier alpha value is -5.24. The molecule has 8 nitrogen and oxygen atoms in total. The van der Waals surface area contributed by atoms with Gasteiger partial charge in [0, 0.05) is 5.92 Å². The first kappa shape index (κ1) is 24.8. The Kier molecular flexibility index (Phi) is 5.71. The summed E-state index contributed by atoms with van der Waals surface area (Å²) in [6, 6.07) is 29.2. The van der Waals surface area contributed by atoms with Crippen LogP contribution in [0.5, 0.6) is 0 Å². The summed E-state index contributed by atoms with van der Waals surface area (Å²) in [6.45, 7) is 0.221. The van der Waals surface area contributed by atoms with Crippen LogP contribution in [0.25, 0.3) is 11.1 Å². The fourth-order valence-electron chi connectivity index (χ4n) is 5.75. The van der Waals surface area contributed by atoms with Crippen molar-refractivity contribution in [2.45, 2.75) is 24.3 Å². The fourth-order valence-corrected chi connectivity index (χ4v) is 5.75. The van der Waals surface area contributed by atoms with Gasteiger partial charge < -0.3 is 14.9 Å². The minimum absolute atomic E-state index is 0.0317. The normalized spacial score (nSPS) is 16.0. The van der Waals surface area contributed by atoms with E-state index < -0.39 is 29.4 Å². The molecule has 0 unspecified atom stereocenters. The van der Waals surface area contributed by atoms with Gasteiger partial charge in [-0.15, -0.1) is 0 Å². The third kappa shape index (κ3) is 4.15. The average molecular weight is 545 g/mol. The van der Waals surface area contributed by atoms with Crippen molar-refractivity contribution in [1.29, 1.82) is 0 Å². The highest BCUT2D eigenvalue weighted by Crippen LogP contribution is 2.46. The first-order valence-corrected chi connectivity index (χ1v) is 13.4. The van der Waals surface area contributed by atoms with Crippen molar-refractivity contribution in [2.75, 3.05) is 6.61 Å². The zero-order valence-electron chi connectivity index (χ0n) is 21.8. The Morgan fingerprint density at radius 3 is 1.78 bits per heavy atom. The van der Waals surface area contributed by atoms with Crippen LogP contribution in [0.3, 0.4) is 0 Å². The molecule has 1 aliphatic heterocycles. The van der Waals surface area contributed by atoms with Crippen molar-refractivity contribution in [3.05, 3.63) is 130 Å². The van der Waals surface area contributed by atoms with Gasteiger partial charge in [0.1, 0.15) is 6.61 Å². The summed E-state index contributed by atoms with van der Waals surface area (Å²) in [5, 5.41) is 3.50. The third-order valence-corrected chi connectivity index (χ3v) is 8.04. The molecule has 1 saturated carbocycles. The molecule has 0 spiro atoms. The topological polar surface area (TPSA) is 102 Å². The lowest BCUT2D eigenvalue weighted by Gasteiger charge is -2.20. The second-order valence-electron chi connectivity index (χ2n) is 10.4. The smallest absolute Gasteiger partial charge is 0.407 e. The van der Waals surface area contributed by atoms with Gasteiger partial charge in [0.25, 0.3) is 11.8 Å². The maximum Gasteiger partial charge on any atom is 0.407 e. The molecule has 1 N–H and O–H groups in total. The molecular weight excluding hydrogens is 520 g/mol. The largest absolute Gasteiger partial charge is 0.449 e. The minimum atomic E-state index is -0.833. The second kappa shape index (κ2) is 9.45. The summed E-state index contributed by atoms with van der Waals surface area (Å²) < 4.78 is 5.73. The lowest BCUT2D eigenvalue weighted by atomic mass is 9.98. The standard InChI is InChI=1S/C33H24N2O6/c36-29-26-11-5-6-12-27(26)30(37)35(29)41-31(38)20-13-15-21(16-14-20)33(17-18-33)34-32(39)40-19-28-24-9-3-1-7-22(24)23-8-2-4-10-25(23)28/h1-16,28H,17-19H2,(H,34,39). The van der Waals surface area contributed by atoms with Crippen LogP contribution >= 0.6 is 0 Å². The maximum atomic E-state index is 12.9. The summed E-state index contributed by atoms with van der Waals surface area (Å²) in [6.07, 6.45) is 0.963. The summed E-state index contributed by atoms with van der Waals surface area (Å²) in [4.78, 5) is 55.8. The Morgan fingerprint density at radius 1 is 0.732 bits per heavy atom. The van der Waals surface area contributed by atoms with Crippen molar-refractivity contribution >= 4 is 23.9 Å². The van der Waals surface area contributed by atoms with Gasteiger partial charge in [-0.2, -0.15) is 0 Å². The van der Waals surface area contributed by atoms with Gasteiger partial charge >= 0.3 is 12.1 Å². The molecule has 3 amide bonds. The quantitative estimate of drug-likeness (QED) is 0.318. The number of rotatable bonds is 6. The fraction of sp³-hybridized carbons (Fsp3) is 0.152. The molecule has 0 bridgehead atoms. The highest BCUT2D eigenvalue weighted by molar-refractivity contribution is 6.21. The third-order valence-electron chi connectivity index (χ3n) is 8.04. The number of carbonyl (C=O) groups excluding carboxylic acids is 4. The van der Waals surface area contributed by atoms with Gasteiger partial charge in [-0.05, 0) is 64.9 Å². The number of nitrogens with zero attached hydrogens (tertiary/aromatic N) is 1. The van der Waals surface area contributed by atoms with Crippen molar-refractivity contribution in [3.63, 3.8) is 0 Å². The molecule has 0 atom stereocenters. The van der Waals surface area contributed by atoms with E-state index in [1.807, 2.05) is 24.3 Å². The Bertz CT molecular complexity index is 1660. The van der Waals surface area contributed by atoms with Crippen LogP contribution in [0.15, 0.2) is 97.1 Å². The van der Waals surface area contributed by atoms with E-state index in [-0.39, 0.29) is 29.2 Å². The first-order chi connectivity index (χ1) is 19.9. The first-order valence-electron chi connectivity index (χ1n) is 13.4. The number of carbonyl (C=O) groups is 4.